The fraction of sp³-hybridized carbons (Fsp3) is 0.105. The maximum Gasteiger partial charge on any atom is 0.181 e. The average Bonchev–Trinajstić information content (AvgIpc) is 3.28. The Morgan fingerprint density at radius 1 is 1.20 bits per heavy atom. The van der Waals surface area contributed by atoms with Crippen molar-refractivity contribution in [3.05, 3.63) is 65.0 Å². The van der Waals surface area contributed by atoms with Gasteiger partial charge in [0.15, 0.2) is 12.2 Å². The zero-order chi connectivity index (χ0) is 17.2. The molecule has 0 bridgehead atoms. The fourth-order valence-corrected chi connectivity index (χ4v) is 3.86. The Morgan fingerprint density at radius 3 is 2.92 bits per heavy atom. The van der Waals surface area contributed by atoms with Crippen molar-refractivity contribution in [2.75, 3.05) is 12.4 Å². The number of rotatable bonds is 5. The molecule has 6 heteroatoms. The number of halogens is 1. The molecular formula is C19H15ClN2O2S. The largest absolute Gasteiger partial charge is 0.495 e. The highest BCUT2D eigenvalue weighted by molar-refractivity contribution is 7.19. The molecule has 0 aliphatic heterocycles. The molecule has 126 valence electrons. The number of nitrogens with zero attached hydrogens (tertiary/aromatic N) is 1. The summed E-state index contributed by atoms with van der Waals surface area (Å²) in [6.07, 6.45) is 3.12. The number of oxazole rings is 1. The number of benzene rings is 2. The Labute approximate surface area is 154 Å². The van der Waals surface area contributed by atoms with Gasteiger partial charge in [-0.1, -0.05) is 11.6 Å². The van der Waals surface area contributed by atoms with E-state index in [4.69, 9.17) is 20.8 Å². The highest BCUT2D eigenvalue weighted by Crippen LogP contribution is 2.32. The number of anilines is 1. The van der Waals surface area contributed by atoms with Crippen LogP contribution in [0.3, 0.4) is 0 Å². The van der Waals surface area contributed by atoms with E-state index in [0.29, 0.717) is 6.54 Å². The van der Waals surface area contributed by atoms with Crippen LogP contribution in [0, 0.1) is 0 Å². The summed E-state index contributed by atoms with van der Waals surface area (Å²) in [6, 6.07) is 14.0. The highest BCUT2D eigenvalue weighted by Gasteiger charge is 2.09. The van der Waals surface area contributed by atoms with E-state index in [0.717, 1.165) is 33.2 Å². The Kier molecular flexibility index (Phi) is 4.34. The molecule has 0 spiro atoms. The van der Waals surface area contributed by atoms with Crippen LogP contribution < -0.4 is 10.1 Å². The lowest BCUT2D eigenvalue weighted by Crippen LogP contribution is -2.00. The van der Waals surface area contributed by atoms with Gasteiger partial charge in [0.25, 0.3) is 0 Å². The SMILES string of the molecule is COc1ccc(-c2cnco2)cc1NCc1cc2cc(Cl)ccc2s1. The van der Waals surface area contributed by atoms with Crippen LogP contribution in [-0.2, 0) is 6.54 Å². The molecule has 4 nitrogen and oxygen atoms in total. The molecule has 0 saturated heterocycles. The number of thiophene rings is 1. The molecule has 25 heavy (non-hydrogen) atoms. The quantitative estimate of drug-likeness (QED) is 0.480. The summed E-state index contributed by atoms with van der Waals surface area (Å²) >= 11 is 7.82. The molecule has 2 aromatic heterocycles. The van der Waals surface area contributed by atoms with Gasteiger partial charge in [0.05, 0.1) is 19.0 Å². The van der Waals surface area contributed by atoms with E-state index in [-0.39, 0.29) is 0 Å². The van der Waals surface area contributed by atoms with Gasteiger partial charge in [-0.2, -0.15) is 0 Å². The summed E-state index contributed by atoms with van der Waals surface area (Å²) in [4.78, 5) is 5.19. The first-order chi connectivity index (χ1) is 12.2. The summed E-state index contributed by atoms with van der Waals surface area (Å²) in [7, 11) is 1.66. The zero-order valence-corrected chi connectivity index (χ0v) is 15.0. The summed E-state index contributed by atoms with van der Waals surface area (Å²) in [5, 5.41) is 5.37. The van der Waals surface area contributed by atoms with Gasteiger partial charge in [-0.15, -0.1) is 11.3 Å². The van der Waals surface area contributed by atoms with Crippen molar-refractivity contribution in [1.29, 1.82) is 0 Å². The Morgan fingerprint density at radius 2 is 2.12 bits per heavy atom. The van der Waals surface area contributed by atoms with Gasteiger partial charge >= 0.3 is 0 Å². The van der Waals surface area contributed by atoms with E-state index >= 15 is 0 Å². The second-order valence-corrected chi connectivity index (χ2v) is 7.13. The van der Waals surface area contributed by atoms with E-state index in [9.17, 15) is 0 Å². The van der Waals surface area contributed by atoms with Crippen molar-refractivity contribution in [2.24, 2.45) is 0 Å². The van der Waals surface area contributed by atoms with Gasteiger partial charge in [-0.25, -0.2) is 4.98 Å². The van der Waals surface area contributed by atoms with Gasteiger partial charge < -0.3 is 14.5 Å². The molecule has 0 radical (unpaired) electrons. The second-order valence-electron chi connectivity index (χ2n) is 5.53. The van der Waals surface area contributed by atoms with Crippen molar-refractivity contribution in [3.63, 3.8) is 0 Å². The summed E-state index contributed by atoms with van der Waals surface area (Å²) < 4.78 is 12.1. The van der Waals surface area contributed by atoms with Crippen molar-refractivity contribution < 1.29 is 9.15 Å². The minimum Gasteiger partial charge on any atom is -0.495 e. The lowest BCUT2D eigenvalue weighted by atomic mass is 10.1. The van der Waals surface area contributed by atoms with Crippen molar-refractivity contribution in [2.45, 2.75) is 6.54 Å². The normalized spacial score (nSPS) is 11.0. The predicted molar refractivity (Wildman–Crippen MR) is 103 cm³/mol. The van der Waals surface area contributed by atoms with Crippen LogP contribution in [0.5, 0.6) is 5.75 Å². The van der Waals surface area contributed by atoms with Gasteiger partial charge in [0.1, 0.15) is 5.75 Å². The van der Waals surface area contributed by atoms with Crippen LogP contribution in [-0.4, -0.2) is 12.1 Å². The lowest BCUT2D eigenvalue weighted by molar-refractivity contribution is 0.416. The number of methoxy groups -OCH3 is 1. The number of nitrogens with one attached hydrogen (secondary N) is 1. The molecule has 0 aliphatic rings. The van der Waals surface area contributed by atoms with Crippen molar-refractivity contribution >= 4 is 38.7 Å². The third-order valence-corrected chi connectivity index (χ3v) is 5.25. The lowest BCUT2D eigenvalue weighted by Gasteiger charge is -2.11. The van der Waals surface area contributed by atoms with Crippen molar-refractivity contribution in [1.82, 2.24) is 4.98 Å². The minimum atomic E-state index is 0.702. The van der Waals surface area contributed by atoms with E-state index in [1.54, 1.807) is 24.6 Å². The summed E-state index contributed by atoms with van der Waals surface area (Å²) in [5.41, 5.74) is 1.86. The third-order valence-electron chi connectivity index (χ3n) is 3.90. The zero-order valence-electron chi connectivity index (χ0n) is 13.5. The molecule has 4 aromatic rings. The molecule has 0 aliphatic carbocycles. The fourth-order valence-electron chi connectivity index (χ4n) is 2.70. The van der Waals surface area contributed by atoms with Crippen LogP contribution in [0.4, 0.5) is 5.69 Å². The Balaban J connectivity index is 1.59. The molecule has 2 aromatic carbocycles. The molecule has 0 atom stereocenters. The van der Waals surface area contributed by atoms with Gasteiger partial charge in [-0.05, 0) is 47.9 Å². The molecule has 0 unspecified atom stereocenters. The molecular weight excluding hydrogens is 356 g/mol. The van der Waals surface area contributed by atoms with Gasteiger partial charge in [-0.3, -0.25) is 0 Å². The van der Waals surface area contributed by atoms with Crippen LogP contribution in [0.2, 0.25) is 5.02 Å². The maximum atomic E-state index is 6.07. The summed E-state index contributed by atoms with van der Waals surface area (Å²) in [5.74, 6) is 1.51. The minimum absolute atomic E-state index is 0.702. The molecule has 2 heterocycles. The van der Waals surface area contributed by atoms with E-state index in [1.165, 1.54) is 16.0 Å². The Hall–Kier alpha value is -2.50. The molecule has 0 amide bonds. The predicted octanol–water partition coefficient (Wildman–Crippen LogP) is 5.83. The Bertz CT molecular complexity index is 1010. The standard InChI is InChI=1S/C19H15ClN2O2S/c1-23-17-4-2-12(18-10-21-11-24-18)8-16(17)22-9-15-7-13-6-14(20)3-5-19(13)25-15/h2-8,10-11,22H,9H2,1H3. The third kappa shape index (κ3) is 3.34. The van der Waals surface area contributed by atoms with Crippen LogP contribution in [0.25, 0.3) is 21.4 Å². The topological polar surface area (TPSA) is 47.3 Å². The number of aromatic nitrogens is 1. The highest BCUT2D eigenvalue weighted by atomic mass is 35.5. The maximum absolute atomic E-state index is 6.07. The first kappa shape index (κ1) is 16.0. The molecule has 1 N–H and O–H groups in total. The summed E-state index contributed by atoms with van der Waals surface area (Å²) in [6.45, 7) is 0.702. The first-order valence-corrected chi connectivity index (χ1v) is 8.91. The van der Waals surface area contributed by atoms with Gasteiger partial charge in [0, 0.05) is 26.7 Å². The first-order valence-electron chi connectivity index (χ1n) is 7.72. The number of fused-ring (bicyclic) bond motifs is 1. The van der Waals surface area contributed by atoms with Crippen LogP contribution >= 0.6 is 22.9 Å². The van der Waals surface area contributed by atoms with Gasteiger partial charge in [0.2, 0.25) is 0 Å². The van der Waals surface area contributed by atoms with Crippen LogP contribution in [0.1, 0.15) is 4.88 Å². The molecule has 0 fully saturated rings. The number of hydrogen-bond acceptors (Lipinski definition) is 5. The van der Waals surface area contributed by atoms with E-state index in [2.05, 4.69) is 22.4 Å². The van der Waals surface area contributed by atoms with Crippen LogP contribution in [0.15, 0.2) is 59.5 Å². The number of ether oxygens (including phenoxy) is 1. The molecule has 0 saturated carbocycles. The average molecular weight is 371 g/mol. The monoisotopic (exact) mass is 370 g/mol. The smallest absolute Gasteiger partial charge is 0.181 e. The second kappa shape index (κ2) is 6.78. The van der Waals surface area contributed by atoms with Crippen molar-refractivity contribution in [3.8, 4) is 17.1 Å². The molecule has 4 rings (SSSR count). The van der Waals surface area contributed by atoms with E-state index < -0.39 is 0 Å². The van der Waals surface area contributed by atoms with E-state index in [1.807, 2.05) is 30.3 Å². The number of hydrogen-bond donors (Lipinski definition) is 1.